The number of rotatable bonds is 6. The third kappa shape index (κ3) is 3.27. The summed E-state index contributed by atoms with van der Waals surface area (Å²) in [6.45, 7) is 9.62. The molecule has 0 aromatic carbocycles. The van der Waals surface area contributed by atoms with E-state index in [1.54, 1.807) is 0 Å². The van der Waals surface area contributed by atoms with Crippen LogP contribution in [0.5, 0.6) is 0 Å². The van der Waals surface area contributed by atoms with Gasteiger partial charge in [0.1, 0.15) is 5.82 Å². The standard InChI is InChI=1S/C18H25N5O/c1-11-7-15(16(19)24)17(21-14(11)4)20-9-18(5-6-18)10-23-13(3)8-12(2)22-23/h7-8H,5-6,9-10H2,1-4H3,(H2,19,24)(H,20,21). The smallest absolute Gasteiger partial charge is 0.252 e. The van der Waals surface area contributed by atoms with Crippen LogP contribution in [-0.4, -0.2) is 27.2 Å². The molecule has 2 aromatic heterocycles. The minimum absolute atomic E-state index is 0.179. The van der Waals surface area contributed by atoms with Gasteiger partial charge in [0.25, 0.3) is 5.91 Å². The summed E-state index contributed by atoms with van der Waals surface area (Å²) in [6, 6.07) is 3.91. The molecule has 24 heavy (non-hydrogen) atoms. The van der Waals surface area contributed by atoms with Crippen molar-refractivity contribution in [1.29, 1.82) is 0 Å². The van der Waals surface area contributed by atoms with Crippen LogP contribution in [0.25, 0.3) is 0 Å². The van der Waals surface area contributed by atoms with Crippen molar-refractivity contribution in [3.05, 3.63) is 40.3 Å². The summed E-state index contributed by atoms with van der Waals surface area (Å²) >= 11 is 0. The monoisotopic (exact) mass is 327 g/mol. The predicted molar refractivity (Wildman–Crippen MR) is 94.1 cm³/mol. The largest absolute Gasteiger partial charge is 0.369 e. The number of anilines is 1. The lowest BCUT2D eigenvalue weighted by atomic mass is 10.1. The highest BCUT2D eigenvalue weighted by Crippen LogP contribution is 2.47. The molecule has 0 atom stereocenters. The van der Waals surface area contributed by atoms with Crippen molar-refractivity contribution in [2.45, 2.75) is 47.1 Å². The number of aryl methyl sites for hydroxylation is 4. The molecular weight excluding hydrogens is 302 g/mol. The van der Waals surface area contributed by atoms with Crippen LogP contribution in [0.3, 0.4) is 0 Å². The first-order valence-electron chi connectivity index (χ1n) is 8.33. The van der Waals surface area contributed by atoms with Crippen molar-refractivity contribution in [2.75, 3.05) is 11.9 Å². The maximum Gasteiger partial charge on any atom is 0.252 e. The van der Waals surface area contributed by atoms with E-state index in [4.69, 9.17) is 5.73 Å². The molecule has 6 nitrogen and oxygen atoms in total. The Labute approximate surface area is 142 Å². The van der Waals surface area contributed by atoms with Crippen molar-refractivity contribution in [3.63, 3.8) is 0 Å². The van der Waals surface area contributed by atoms with Crippen molar-refractivity contribution < 1.29 is 4.79 Å². The molecule has 0 bridgehead atoms. The molecule has 2 heterocycles. The van der Waals surface area contributed by atoms with Crippen LogP contribution in [0, 0.1) is 33.1 Å². The fourth-order valence-electron chi connectivity index (χ4n) is 3.02. The van der Waals surface area contributed by atoms with Gasteiger partial charge < -0.3 is 11.1 Å². The van der Waals surface area contributed by atoms with Crippen molar-refractivity contribution in [1.82, 2.24) is 14.8 Å². The van der Waals surface area contributed by atoms with Gasteiger partial charge in [0.15, 0.2) is 0 Å². The summed E-state index contributed by atoms with van der Waals surface area (Å²) in [5.41, 5.74) is 10.2. The molecule has 1 fully saturated rings. The van der Waals surface area contributed by atoms with Crippen LogP contribution in [0.4, 0.5) is 5.82 Å². The highest BCUT2D eigenvalue weighted by molar-refractivity contribution is 5.97. The van der Waals surface area contributed by atoms with E-state index in [2.05, 4.69) is 33.1 Å². The van der Waals surface area contributed by atoms with Gasteiger partial charge in [-0.15, -0.1) is 0 Å². The number of nitrogens with zero attached hydrogens (tertiary/aromatic N) is 3. The molecule has 1 aliphatic carbocycles. The summed E-state index contributed by atoms with van der Waals surface area (Å²) in [7, 11) is 0. The average molecular weight is 327 g/mol. The second-order valence-electron chi connectivity index (χ2n) is 7.09. The summed E-state index contributed by atoms with van der Waals surface area (Å²) in [6.07, 6.45) is 2.30. The number of amides is 1. The maximum atomic E-state index is 11.7. The summed E-state index contributed by atoms with van der Waals surface area (Å²) in [4.78, 5) is 16.2. The van der Waals surface area contributed by atoms with Gasteiger partial charge in [-0.3, -0.25) is 9.48 Å². The molecule has 6 heteroatoms. The molecule has 128 valence electrons. The SMILES string of the molecule is Cc1cc(C)n(CC2(CNc3nc(C)c(C)cc3C(N)=O)CC2)n1. The zero-order valence-electron chi connectivity index (χ0n) is 14.8. The van der Waals surface area contributed by atoms with Gasteiger partial charge in [-0.05, 0) is 58.2 Å². The number of carbonyl (C=O) groups is 1. The average Bonchev–Trinajstić information content (AvgIpc) is 3.19. The lowest BCUT2D eigenvalue weighted by Crippen LogP contribution is -2.25. The van der Waals surface area contributed by atoms with E-state index in [9.17, 15) is 4.79 Å². The van der Waals surface area contributed by atoms with Gasteiger partial charge in [-0.2, -0.15) is 5.10 Å². The second-order valence-corrected chi connectivity index (χ2v) is 7.09. The highest BCUT2D eigenvalue weighted by Gasteiger charge is 2.43. The number of primary amides is 1. The summed E-state index contributed by atoms with van der Waals surface area (Å²) < 4.78 is 2.08. The molecule has 2 aromatic rings. The number of nitrogens with one attached hydrogen (secondary N) is 1. The third-order valence-electron chi connectivity index (χ3n) is 4.91. The van der Waals surface area contributed by atoms with Gasteiger partial charge >= 0.3 is 0 Å². The first-order chi connectivity index (χ1) is 11.3. The highest BCUT2D eigenvalue weighted by atomic mass is 16.1. The van der Waals surface area contributed by atoms with Crippen LogP contribution < -0.4 is 11.1 Å². The van der Waals surface area contributed by atoms with E-state index in [1.807, 2.05) is 26.8 Å². The number of hydrogen-bond donors (Lipinski definition) is 2. The summed E-state index contributed by atoms with van der Waals surface area (Å²) in [5.74, 6) is 0.140. The van der Waals surface area contributed by atoms with Gasteiger partial charge in [-0.1, -0.05) is 0 Å². The molecule has 3 N–H and O–H groups in total. The van der Waals surface area contributed by atoms with E-state index in [1.165, 1.54) is 5.69 Å². The van der Waals surface area contributed by atoms with Crippen LogP contribution >= 0.6 is 0 Å². The van der Waals surface area contributed by atoms with E-state index in [-0.39, 0.29) is 5.41 Å². The van der Waals surface area contributed by atoms with Gasteiger partial charge in [0, 0.05) is 29.9 Å². The van der Waals surface area contributed by atoms with E-state index in [0.29, 0.717) is 11.4 Å². The third-order valence-corrected chi connectivity index (χ3v) is 4.91. The topological polar surface area (TPSA) is 85.8 Å². The molecule has 1 amide bonds. The minimum atomic E-state index is -0.448. The van der Waals surface area contributed by atoms with Gasteiger partial charge in [0.05, 0.1) is 11.3 Å². The van der Waals surface area contributed by atoms with Crippen molar-refractivity contribution in [3.8, 4) is 0 Å². The molecule has 3 rings (SSSR count). The minimum Gasteiger partial charge on any atom is -0.369 e. The number of pyridine rings is 1. The maximum absolute atomic E-state index is 11.7. The van der Waals surface area contributed by atoms with Crippen LogP contribution in [0.2, 0.25) is 0 Å². The Bertz CT molecular complexity index is 789. The van der Waals surface area contributed by atoms with Crippen LogP contribution in [-0.2, 0) is 6.54 Å². The molecule has 1 saturated carbocycles. The number of aromatic nitrogens is 3. The predicted octanol–water partition coefficient (Wildman–Crippen LogP) is 2.50. The van der Waals surface area contributed by atoms with E-state index < -0.39 is 5.91 Å². The van der Waals surface area contributed by atoms with Gasteiger partial charge in [0.2, 0.25) is 0 Å². The summed E-state index contributed by atoms with van der Waals surface area (Å²) in [5, 5.41) is 7.92. The zero-order valence-corrected chi connectivity index (χ0v) is 14.8. The zero-order chi connectivity index (χ0) is 17.5. The molecule has 1 aliphatic rings. The Balaban J connectivity index is 1.75. The fraction of sp³-hybridized carbons (Fsp3) is 0.500. The Morgan fingerprint density at radius 1 is 1.29 bits per heavy atom. The Morgan fingerprint density at radius 2 is 2.00 bits per heavy atom. The lowest BCUT2D eigenvalue weighted by molar-refractivity contribution is 0.100. The molecule has 0 saturated heterocycles. The number of hydrogen-bond acceptors (Lipinski definition) is 4. The Morgan fingerprint density at radius 3 is 2.54 bits per heavy atom. The quantitative estimate of drug-likeness (QED) is 0.853. The van der Waals surface area contributed by atoms with Gasteiger partial charge in [-0.25, -0.2) is 4.98 Å². The molecule has 0 aliphatic heterocycles. The van der Waals surface area contributed by atoms with Crippen LogP contribution in [0.15, 0.2) is 12.1 Å². The molecule has 0 unspecified atom stereocenters. The number of nitrogens with two attached hydrogens (primary N) is 1. The van der Waals surface area contributed by atoms with Crippen molar-refractivity contribution >= 4 is 11.7 Å². The molecular formula is C18H25N5O. The fourth-order valence-corrected chi connectivity index (χ4v) is 3.02. The molecule has 0 spiro atoms. The Hall–Kier alpha value is -2.37. The van der Waals surface area contributed by atoms with E-state index >= 15 is 0 Å². The lowest BCUT2D eigenvalue weighted by Gasteiger charge is -2.19. The second kappa shape index (κ2) is 5.92. The van der Waals surface area contributed by atoms with Crippen LogP contribution in [0.1, 0.15) is 45.8 Å². The first-order valence-corrected chi connectivity index (χ1v) is 8.33. The van der Waals surface area contributed by atoms with Crippen molar-refractivity contribution in [2.24, 2.45) is 11.1 Å². The normalized spacial score (nSPS) is 15.3. The Kier molecular flexibility index (Phi) is 4.07. The first kappa shape index (κ1) is 16.5. The van der Waals surface area contributed by atoms with E-state index in [0.717, 1.165) is 42.9 Å². The number of carbonyl (C=O) groups excluding carboxylic acids is 1. The molecule has 0 radical (unpaired) electrons.